The van der Waals surface area contributed by atoms with Crippen molar-refractivity contribution in [3.05, 3.63) is 34.1 Å². The molecule has 0 saturated heterocycles. The van der Waals surface area contributed by atoms with Gasteiger partial charge in [0.25, 0.3) is 0 Å². The number of fused-ring (bicyclic) bond motifs is 1. The molecule has 2 nitrogen and oxygen atoms in total. The zero-order valence-electron chi connectivity index (χ0n) is 7.52. The molecule has 0 radical (unpaired) electrons. The molecule has 0 fully saturated rings. The molecule has 0 atom stereocenters. The molecular weight excluding hydrogens is 264 g/mol. The monoisotopic (exact) mass is 266 g/mol. The minimum Gasteiger partial charge on any atom is -0.231 e. The summed E-state index contributed by atoms with van der Waals surface area (Å²) in [6.45, 7) is 0. The molecule has 0 saturated carbocycles. The fourth-order valence-corrected chi connectivity index (χ4v) is 1.52. The minimum atomic E-state index is -4.49. The van der Waals surface area contributed by atoms with Gasteiger partial charge in [0.05, 0.1) is 11.1 Å². The minimum absolute atomic E-state index is 0.0595. The summed E-state index contributed by atoms with van der Waals surface area (Å²) in [4.78, 5) is 7.31. The Morgan fingerprint density at radius 2 is 1.62 bits per heavy atom. The van der Waals surface area contributed by atoms with Crippen molar-refractivity contribution in [1.82, 2.24) is 9.97 Å². The quantitative estimate of drug-likeness (QED) is 0.722. The van der Waals surface area contributed by atoms with E-state index in [1.807, 2.05) is 0 Å². The fraction of sp³-hybridized carbons (Fsp3) is 0.111. The lowest BCUT2D eigenvalue weighted by Gasteiger charge is -2.09. The van der Waals surface area contributed by atoms with Gasteiger partial charge in [-0.3, -0.25) is 0 Å². The number of rotatable bonds is 0. The Labute approximate surface area is 98.0 Å². The predicted molar refractivity (Wildman–Crippen MR) is 54.6 cm³/mol. The number of alkyl halides is 3. The average molecular weight is 267 g/mol. The van der Waals surface area contributed by atoms with Crippen LogP contribution in [0.1, 0.15) is 5.56 Å². The van der Waals surface area contributed by atoms with Gasteiger partial charge < -0.3 is 0 Å². The summed E-state index contributed by atoms with van der Waals surface area (Å²) >= 11 is 11.1. The zero-order chi connectivity index (χ0) is 11.9. The number of halogens is 5. The molecule has 16 heavy (non-hydrogen) atoms. The number of para-hydroxylation sites is 1. The number of hydrogen-bond acceptors (Lipinski definition) is 2. The van der Waals surface area contributed by atoms with E-state index in [9.17, 15) is 13.2 Å². The fourth-order valence-electron chi connectivity index (χ4n) is 1.26. The van der Waals surface area contributed by atoms with Crippen molar-refractivity contribution in [1.29, 1.82) is 0 Å². The first kappa shape index (κ1) is 11.4. The van der Waals surface area contributed by atoms with Crippen LogP contribution in [-0.2, 0) is 6.18 Å². The molecule has 0 aliphatic carbocycles. The highest BCUT2D eigenvalue weighted by atomic mass is 35.5. The Morgan fingerprint density at radius 3 is 2.25 bits per heavy atom. The van der Waals surface area contributed by atoms with E-state index in [0.29, 0.717) is 0 Å². The van der Waals surface area contributed by atoms with Crippen LogP contribution in [0.5, 0.6) is 0 Å². The second-order valence-corrected chi connectivity index (χ2v) is 3.69. The third-order valence-electron chi connectivity index (χ3n) is 1.92. The maximum absolute atomic E-state index is 12.6. The third kappa shape index (κ3) is 1.92. The van der Waals surface area contributed by atoms with Crippen molar-refractivity contribution in [2.24, 2.45) is 0 Å². The van der Waals surface area contributed by atoms with Crippen molar-refractivity contribution in [3.63, 3.8) is 0 Å². The summed E-state index contributed by atoms with van der Waals surface area (Å²) in [6.07, 6.45) is -4.49. The number of benzene rings is 1. The Balaban J connectivity index is 2.82. The van der Waals surface area contributed by atoms with Crippen molar-refractivity contribution in [2.75, 3.05) is 0 Å². The molecule has 2 aromatic rings. The highest BCUT2D eigenvalue weighted by Crippen LogP contribution is 2.34. The molecule has 0 N–H and O–H groups in total. The van der Waals surface area contributed by atoms with E-state index in [0.717, 1.165) is 6.07 Å². The maximum atomic E-state index is 12.6. The van der Waals surface area contributed by atoms with Gasteiger partial charge in [-0.05, 0) is 12.1 Å². The smallest absolute Gasteiger partial charge is 0.231 e. The summed E-state index contributed by atoms with van der Waals surface area (Å²) < 4.78 is 37.8. The molecular formula is C9H3Cl2F3N2. The molecule has 0 aliphatic rings. The molecule has 1 heterocycles. The number of hydrogen-bond donors (Lipinski definition) is 0. The Bertz CT molecular complexity index is 554. The average Bonchev–Trinajstić information content (AvgIpc) is 2.17. The van der Waals surface area contributed by atoms with Gasteiger partial charge in [-0.15, -0.1) is 0 Å². The van der Waals surface area contributed by atoms with Crippen LogP contribution in [0, 0.1) is 0 Å². The van der Waals surface area contributed by atoms with E-state index >= 15 is 0 Å². The highest BCUT2D eigenvalue weighted by Gasteiger charge is 2.33. The summed E-state index contributed by atoms with van der Waals surface area (Å²) in [5, 5.41) is -0.362. The predicted octanol–water partition coefficient (Wildman–Crippen LogP) is 3.96. The Hall–Kier alpha value is -1.07. The van der Waals surface area contributed by atoms with Crippen LogP contribution in [0.2, 0.25) is 10.3 Å². The SMILES string of the molecule is FC(F)(F)c1cccc2nc(Cl)c(Cl)nc12. The largest absolute Gasteiger partial charge is 0.418 e. The zero-order valence-corrected chi connectivity index (χ0v) is 9.03. The molecule has 0 amide bonds. The summed E-state index contributed by atoms with van der Waals surface area (Å²) in [5.74, 6) is 0. The van der Waals surface area contributed by atoms with Crippen LogP contribution in [-0.4, -0.2) is 9.97 Å². The molecule has 84 valence electrons. The van der Waals surface area contributed by atoms with E-state index in [-0.39, 0.29) is 21.3 Å². The van der Waals surface area contributed by atoms with Gasteiger partial charge >= 0.3 is 6.18 Å². The first-order valence-electron chi connectivity index (χ1n) is 4.08. The van der Waals surface area contributed by atoms with E-state index in [1.165, 1.54) is 12.1 Å². The molecule has 7 heteroatoms. The van der Waals surface area contributed by atoms with E-state index < -0.39 is 11.7 Å². The lowest BCUT2D eigenvalue weighted by Crippen LogP contribution is -2.07. The highest BCUT2D eigenvalue weighted by molar-refractivity contribution is 6.40. The maximum Gasteiger partial charge on any atom is 0.418 e. The molecule has 2 rings (SSSR count). The van der Waals surface area contributed by atoms with E-state index in [2.05, 4.69) is 9.97 Å². The molecule has 0 aliphatic heterocycles. The van der Waals surface area contributed by atoms with Crippen LogP contribution < -0.4 is 0 Å². The molecule has 1 aromatic carbocycles. The lowest BCUT2D eigenvalue weighted by atomic mass is 10.1. The van der Waals surface area contributed by atoms with E-state index in [1.54, 1.807) is 0 Å². The third-order valence-corrected chi connectivity index (χ3v) is 2.54. The van der Waals surface area contributed by atoms with Crippen LogP contribution in [0.3, 0.4) is 0 Å². The molecule has 0 bridgehead atoms. The first-order valence-corrected chi connectivity index (χ1v) is 4.84. The lowest BCUT2D eigenvalue weighted by molar-refractivity contribution is -0.136. The second kappa shape index (κ2) is 3.75. The van der Waals surface area contributed by atoms with Gasteiger partial charge in [0, 0.05) is 0 Å². The van der Waals surface area contributed by atoms with E-state index in [4.69, 9.17) is 23.2 Å². The Kier molecular flexibility index (Phi) is 2.67. The summed E-state index contributed by atoms with van der Waals surface area (Å²) in [5.41, 5.74) is -1.12. The van der Waals surface area contributed by atoms with Gasteiger partial charge in [-0.1, -0.05) is 29.3 Å². The number of nitrogens with zero attached hydrogens (tertiary/aromatic N) is 2. The standard InChI is InChI=1S/C9H3Cl2F3N2/c10-7-8(11)16-6-4(9(12,13)14)2-1-3-5(6)15-7/h1-3H. The van der Waals surface area contributed by atoms with Crippen molar-refractivity contribution in [2.45, 2.75) is 6.18 Å². The van der Waals surface area contributed by atoms with Crippen molar-refractivity contribution >= 4 is 34.2 Å². The first-order chi connectivity index (χ1) is 7.39. The van der Waals surface area contributed by atoms with Crippen LogP contribution >= 0.6 is 23.2 Å². The van der Waals surface area contributed by atoms with Crippen LogP contribution in [0.25, 0.3) is 11.0 Å². The van der Waals surface area contributed by atoms with Gasteiger partial charge in [-0.25, -0.2) is 9.97 Å². The Morgan fingerprint density at radius 1 is 1.00 bits per heavy atom. The van der Waals surface area contributed by atoms with Crippen LogP contribution in [0.15, 0.2) is 18.2 Å². The number of aromatic nitrogens is 2. The summed E-state index contributed by atoms with van der Waals surface area (Å²) in [6, 6.07) is 3.55. The van der Waals surface area contributed by atoms with Crippen LogP contribution in [0.4, 0.5) is 13.2 Å². The van der Waals surface area contributed by atoms with Gasteiger partial charge in [0.2, 0.25) is 0 Å². The normalized spacial score (nSPS) is 12.1. The molecule has 0 spiro atoms. The van der Waals surface area contributed by atoms with Crippen molar-refractivity contribution < 1.29 is 13.2 Å². The van der Waals surface area contributed by atoms with Gasteiger partial charge in [0.15, 0.2) is 10.3 Å². The molecule has 0 unspecified atom stereocenters. The van der Waals surface area contributed by atoms with Gasteiger partial charge in [-0.2, -0.15) is 13.2 Å². The second-order valence-electron chi connectivity index (χ2n) is 2.98. The van der Waals surface area contributed by atoms with Gasteiger partial charge in [0.1, 0.15) is 5.52 Å². The molecule has 1 aromatic heterocycles. The van der Waals surface area contributed by atoms with Crippen molar-refractivity contribution in [3.8, 4) is 0 Å². The topological polar surface area (TPSA) is 25.8 Å². The summed E-state index contributed by atoms with van der Waals surface area (Å²) in [7, 11) is 0.